The van der Waals surface area contributed by atoms with Gasteiger partial charge in [-0.1, -0.05) is 11.6 Å². The number of nitrogens with one attached hydrogen (secondary N) is 1. The molecule has 13 heavy (non-hydrogen) atoms. The fourth-order valence-corrected chi connectivity index (χ4v) is 1.79. The Labute approximate surface area is 87.7 Å². The summed E-state index contributed by atoms with van der Waals surface area (Å²) < 4.78 is 0.754. The Balaban J connectivity index is 2.13. The van der Waals surface area contributed by atoms with E-state index in [0.29, 0.717) is 0 Å². The van der Waals surface area contributed by atoms with Crippen LogP contribution in [0, 0.1) is 0 Å². The first-order chi connectivity index (χ1) is 6.18. The van der Waals surface area contributed by atoms with Gasteiger partial charge >= 0.3 is 0 Å². The van der Waals surface area contributed by atoms with Crippen LogP contribution in [0.3, 0.4) is 0 Å². The molecule has 0 fully saturated rings. The molecule has 0 atom stereocenters. The molecule has 0 radical (unpaired) electrons. The largest absolute Gasteiger partial charge is 0.309 e. The van der Waals surface area contributed by atoms with E-state index in [0.717, 1.165) is 29.0 Å². The SMILES string of the molecule is CN(C)CCNCc1ncc(Cl)s1. The van der Waals surface area contributed by atoms with Crippen molar-refractivity contribution in [1.82, 2.24) is 15.2 Å². The minimum Gasteiger partial charge on any atom is -0.309 e. The van der Waals surface area contributed by atoms with Gasteiger partial charge in [-0.25, -0.2) is 4.98 Å². The van der Waals surface area contributed by atoms with Crippen LogP contribution in [-0.2, 0) is 6.54 Å². The molecule has 0 unspecified atom stereocenters. The summed E-state index contributed by atoms with van der Waals surface area (Å²) in [7, 11) is 4.11. The van der Waals surface area contributed by atoms with E-state index in [1.165, 1.54) is 11.3 Å². The lowest BCUT2D eigenvalue weighted by atomic mass is 10.5. The van der Waals surface area contributed by atoms with Gasteiger partial charge in [0.05, 0.1) is 6.20 Å². The van der Waals surface area contributed by atoms with Gasteiger partial charge in [0.25, 0.3) is 0 Å². The number of hydrogen-bond acceptors (Lipinski definition) is 4. The van der Waals surface area contributed by atoms with Crippen LogP contribution < -0.4 is 5.32 Å². The molecule has 1 rings (SSSR count). The molecule has 0 bridgehead atoms. The van der Waals surface area contributed by atoms with E-state index < -0.39 is 0 Å². The fourth-order valence-electron chi connectivity index (χ4n) is 0.868. The summed E-state index contributed by atoms with van der Waals surface area (Å²) in [6, 6.07) is 0. The second-order valence-corrected chi connectivity index (χ2v) is 4.78. The van der Waals surface area contributed by atoms with Crippen molar-refractivity contribution in [1.29, 1.82) is 0 Å². The van der Waals surface area contributed by atoms with Crippen LogP contribution >= 0.6 is 22.9 Å². The molecule has 3 nitrogen and oxygen atoms in total. The molecule has 0 aromatic carbocycles. The zero-order chi connectivity index (χ0) is 9.68. The molecule has 5 heteroatoms. The van der Waals surface area contributed by atoms with Gasteiger partial charge in [0, 0.05) is 19.6 Å². The molecule has 1 aromatic heterocycles. The molecule has 1 heterocycles. The smallest absolute Gasteiger partial charge is 0.113 e. The van der Waals surface area contributed by atoms with E-state index in [1.54, 1.807) is 6.20 Å². The Bertz CT molecular complexity index is 249. The monoisotopic (exact) mass is 219 g/mol. The third-order valence-electron chi connectivity index (χ3n) is 1.54. The lowest BCUT2D eigenvalue weighted by Gasteiger charge is -2.08. The zero-order valence-electron chi connectivity index (χ0n) is 7.88. The van der Waals surface area contributed by atoms with E-state index in [1.807, 2.05) is 0 Å². The molecule has 0 amide bonds. The summed E-state index contributed by atoms with van der Waals surface area (Å²) in [5, 5.41) is 4.34. The summed E-state index contributed by atoms with van der Waals surface area (Å²) in [5.41, 5.74) is 0. The van der Waals surface area contributed by atoms with E-state index in [4.69, 9.17) is 11.6 Å². The summed E-state index contributed by atoms with van der Waals surface area (Å²) >= 11 is 7.27. The van der Waals surface area contributed by atoms with Crippen molar-refractivity contribution in [3.8, 4) is 0 Å². The van der Waals surface area contributed by atoms with Gasteiger partial charge in [0.15, 0.2) is 0 Å². The van der Waals surface area contributed by atoms with Crippen molar-refractivity contribution in [3.05, 3.63) is 15.5 Å². The van der Waals surface area contributed by atoms with Crippen molar-refractivity contribution in [3.63, 3.8) is 0 Å². The zero-order valence-corrected chi connectivity index (χ0v) is 9.45. The van der Waals surface area contributed by atoms with Crippen LogP contribution in [-0.4, -0.2) is 37.1 Å². The normalized spacial score (nSPS) is 11.1. The van der Waals surface area contributed by atoms with Gasteiger partial charge in [-0.15, -0.1) is 11.3 Å². The molecule has 0 aliphatic rings. The van der Waals surface area contributed by atoms with Gasteiger partial charge < -0.3 is 10.2 Å². The van der Waals surface area contributed by atoms with E-state index in [2.05, 4.69) is 29.3 Å². The molecule has 0 saturated carbocycles. The Hall–Kier alpha value is -0.160. The molecule has 0 aliphatic carbocycles. The Morgan fingerprint density at radius 2 is 2.38 bits per heavy atom. The molecule has 0 aliphatic heterocycles. The van der Waals surface area contributed by atoms with Crippen LogP contribution in [0.4, 0.5) is 0 Å². The standard InChI is InChI=1S/C8H14ClN3S/c1-12(2)4-3-10-6-8-11-5-7(9)13-8/h5,10H,3-4,6H2,1-2H3. The van der Waals surface area contributed by atoms with Gasteiger partial charge in [-0.3, -0.25) is 0 Å². The number of thiazole rings is 1. The van der Waals surface area contributed by atoms with Crippen LogP contribution in [0.2, 0.25) is 4.34 Å². The molecule has 1 aromatic rings. The minimum absolute atomic E-state index is 0.754. The summed E-state index contributed by atoms with van der Waals surface area (Å²) in [6.45, 7) is 2.83. The topological polar surface area (TPSA) is 28.2 Å². The van der Waals surface area contributed by atoms with Gasteiger partial charge in [0.1, 0.15) is 9.34 Å². The number of halogens is 1. The van der Waals surface area contributed by atoms with Crippen molar-refractivity contribution >= 4 is 22.9 Å². The molecular formula is C8H14ClN3S. The predicted molar refractivity (Wildman–Crippen MR) is 57.4 cm³/mol. The van der Waals surface area contributed by atoms with Gasteiger partial charge in [-0.05, 0) is 14.1 Å². The van der Waals surface area contributed by atoms with Crippen molar-refractivity contribution in [2.45, 2.75) is 6.54 Å². The number of nitrogens with zero attached hydrogens (tertiary/aromatic N) is 2. The lowest BCUT2D eigenvalue weighted by Crippen LogP contribution is -2.26. The van der Waals surface area contributed by atoms with Crippen LogP contribution in [0.15, 0.2) is 6.20 Å². The highest BCUT2D eigenvalue weighted by molar-refractivity contribution is 7.15. The molecule has 1 N–H and O–H groups in total. The second kappa shape index (κ2) is 5.54. The van der Waals surface area contributed by atoms with E-state index in [-0.39, 0.29) is 0 Å². The third kappa shape index (κ3) is 4.57. The number of hydrogen-bond donors (Lipinski definition) is 1. The first kappa shape index (κ1) is 10.9. The van der Waals surface area contributed by atoms with Gasteiger partial charge in [-0.2, -0.15) is 0 Å². The van der Waals surface area contributed by atoms with Gasteiger partial charge in [0.2, 0.25) is 0 Å². The minimum atomic E-state index is 0.754. The van der Waals surface area contributed by atoms with E-state index >= 15 is 0 Å². The average molecular weight is 220 g/mol. The second-order valence-electron chi connectivity index (χ2n) is 3.04. The predicted octanol–water partition coefficient (Wildman–Crippen LogP) is 1.45. The van der Waals surface area contributed by atoms with Crippen LogP contribution in [0.25, 0.3) is 0 Å². The summed E-state index contributed by atoms with van der Waals surface area (Å²) in [6.07, 6.45) is 1.69. The quantitative estimate of drug-likeness (QED) is 0.760. The summed E-state index contributed by atoms with van der Waals surface area (Å²) in [5.74, 6) is 0. The number of rotatable bonds is 5. The maximum Gasteiger partial charge on any atom is 0.113 e. The Morgan fingerprint density at radius 1 is 1.62 bits per heavy atom. The fraction of sp³-hybridized carbons (Fsp3) is 0.625. The number of likely N-dealkylation sites (N-methyl/N-ethyl adjacent to an activating group) is 1. The Kier molecular flexibility index (Phi) is 4.66. The first-order valence-electron chi connectivity index (χ1n) is 4.14. The maximum atomic E-state index is 5.74. The summed E-state index contributed by atoms with van der Waals surface area (Å²) in [4.78, 5) is 6.28. The first-order valence-corrected chi connectivity index (χ1v) is 5.33. The molecule has 0 saturated heterocycles. The maximum absolute atomic E-state index is 5.74. The number of aromatic nitrogens is 1. The molecule has 74 valence electrons. The van der Waals surface area contributed by atoms with Crippen molar-refractivity contribution in [2.24, 2.45) is 0 Å². The van der Waals surface area contributed by atoms with Crippen molar-refractivity contribution in [2.75, 3.05) is 27.2 Å². The molecular weight excluding hydrogens is 206 g/mol. The average Bonchev–Trinajstić information content (AvgIpc) is 2.45. The van der Waals surface area contributed by atoms with E-state index in [9.17, 15) is 0 Å². The van der Waals surface area contributed by atoms with Crippen molar-refractivity contribution < 1.29 is 0 Å². The third-order valence-corrected chi connectivity index (χ3v) is 2.65. The lowest BCUT2D eigenvalue weighted by molar-refractivity contribution is 0.400. The highest BCUT2D eigenvalue weighted by Crippen LogP contribution is 2.17. The highest BCUT2D eigenvalue weighted by atomic mass is 35.5. The Morgan fingerprint density at radius 3 is 2.92 bits per heavy atom. The van der Waals surface area contributed by atoms with Crippen LogP contribution in [0.5, 0.6) is 0 Å². The molecule has 0 spiro atoms. The van der Waals surface area contributed by atoms with Crippen LogP contribution in [0.1, 0.15) is 5.01 Å². The highest BCUT2D eigenvalue weighted by Gasteiger charge is 1.98.